The van der Waals surface area contributed by atoms with Gasteiger partial charge in [0.2, 0.25) is 0 Å². The molecule has 0 spiro atoms. The van der Waals surface area contributed by atoms with Crippen molar-refractivity contribution >= 4 is 33.1 Å². The molecular formula is C19H19N3O5S. The number of pyridine rings is 1. The second-order valence-corrected chi connectivity index (χ2v) is 7.33. The van der Waals surface area contributed by atoms with Crippen LogP contribution in [-0.2, 0) is 17.3 Å². The van der Waals surface area contributed by atoms with Crippen LogP contribution in [0.25, 0.3) is 10.9 Å². The number of anilines is 1. The number of nitro groups is 1. The number of aromatic nitrogens is 1. The smallest absolute Gasteiger partial charge is 0.311 e. The third-order valence-corrected chi connectivity index (χ3v) is 5.21. The summed E-state index contributed by atoms with van der Waals surface area (Å²) in [6.45, 7) is 0.352. The minimum Gasteiger partial charge on any atom is -0.493 e. The molecule has 0 radical (unpaired) electrons. The summed E-state index contributed by atoms with van der Waals surface area (Å²) in [5.74, 6) is 0.945. The van der Waals surface area contributed by atoms with Crippen LogP contribution in [0, 0.1) is 10.1 Å². The van der Waals surface area contributed by atoms with E-state index in [9.17, 15) is 14.3 Å². The van der Waals surface area contributed by atoms with Gasteiger partial charge in [-0.25, -0.2) is 4.98 Å². The van der Waals surface area contributed by atoms with Crippen LogP contribution >= 0.6 is 0 Å². The number of hydrogen-bond donors (Lipinski definition) is 1. The first-order chi connectivity index (χ1) is 13.4. The molecule has 0 aliphatic carbocycles. The van der Waals surface area contributed by atoms with Crippen LogP contribution in [0.5, 0.6) is 11.5 Å². The molecule has 2 aromatic carbocycles. The lowest BCUT2D eigenvalue weighted by atomic mass is 10.1. The van der Waals surface area contributed by atoms with Crippen molar-refractivity contribution in [3.05, 3.63) is 58.3 Å². The third-order valence-electron chi connectivity index (χ3n) is 4.27. The summed E-state index contributed by atoms with van der Waals surface area (Å²) in [7, 11) is 1.96. The van der Waals surface area contributed by atoms with Gasteiger partial charge in [0.05, 0.1) is 24.7 Å². The zero-order chi connectivity index (χ0) is 20.3. The van der Waals surface area contributed by atoms with Crippen molar-refractivity contribution in [2.24, 2.45) is 0 Å². The van der Waals surface area contributed by atoms with E-state index in [1.807, 2.05) is 12.1 Å². The number of nitrogens with one attached hydrogen (secondary N) is 1. The molecule has 8 nitrogen and oxygen atoms in total. The van der Waals surface area contributed by atoms with Gasteiger partial charge < -0.3 is 14.8 Å². The Balaban J connectivity index is 2.02. The Morgan fingerprint density at radius 3 is 2.36 bits per heavy atom. The molecule has 1 unspecified atom stereocenters. The molecule has 28 heavy (non-hydrogen) atoms. The van der Waals surface area contributed by atoms with Gasteiger partial charge in [0.15, 0.2) is 11.5 Å². The van der Waals surface area contributed by atoms with Gasteiger partial charge in [-0.1, -0.05) is 12.1 Å². The third kappa shape index (κ3) is 3.89. The molecule has 9 heteroatoms. The van der Waals surface area contributed by atoms with Crippen molar-refractivity contribution in [3.63, 3.8) is 0 Å². The van der Waals surface area contributed by atoms with Crippen molar-refractivity contribution in [3.8, 4) is 11.5 Å². The minimum absolute atomic E-state index is 0.133. The van der Waals surface area contributed by atoms with Gasteiger partial charge in [0.1, 0.15) is 11.9 Å². The van der Waals surface area contributed by atoms with E-state index in [0.717, 1.165) is 10.5 Å². The Labute approximate surface area is 164 Å². The molecule has 1 heterocycles. The quantitative estimate of drug-likeness (QED) is 0.477. The SMILES string of the molecule is COc1cc2ncc([N+](=O)[O-])c(NCc3ccc(S(C)=O)cc3)c2cc1OC. The topological polar surface area (TPSA) is 104 Å². The molecule has 0 bridgehead atoms. The molecule has 1 atom stereocenters. The Morgan fingerprint density at radius 1 is 1.14 bits per heavy atom. The Bertz CT molecular complexity index is 1050. The Kier molecular flexibility index (Phi) is 5.74. The van der Waals surface area contributed by atoms with Crippen LogP contribution in [0.3, 0.4) is 0 Å². The molecule has 146 valence electrons. The second-order valence-electron chi connectivity index (χ2n) is 5.95. The van der Waals surface area contributed by atoms with E-state index in [1.165, 1.54) is 20.4 Å². The van der Waals surface area contributed by atoms with E-state index in [0.29, 0.717) is 34.6 Å². The molecule has 0 aliphatic heterocycles. The van der Waals surface area contributed by atoms with E-state index in [1.54, 1.807) is 30.5 Å². The maximum absolute atomic E-state index is 11.5. The molecule has 0 amide bonds. The van der Waals surface area contributed by atoms with Gasteiger partial charge in [-0.15, -0.1) is 0 Å². The lowest BCUT2D eigenvalue weighted by Crippen LogP contribution is -2.05. The fraction of sp³-hybridized carbons (Fsp3) is 0.211. The number of benzene rings is 2. The number of hydrogen-bond acceptors (Lipinski definition) is 7. The predicted molar refractivity (Wildman–Crippen MR) is 108 cm³/mol. The van der Waals surface area contributed by atoms with Crippen LogP contribution in [-0.4, -0.2) is 34.6 Å². The summed E-state index contributed by atoms with van der Waals surface area (Å²) in [4.78, 5) is 15.9. The van der Waals surface area contributed by atoms with Crippen molar-refractivity contribution < 1.29 is 18.6 Å². The molecular weight excluding hydrogens is 382 g/mol. The normalized spacial score (nSPS) is 11.8. The van der Waals surface area contributed by atoms with E-state index < -0.39 is 15.7 Å². The van der Waals surface area contributed by atoms with Crippen molar-refractivity contribution in [1.29, 1.82) is 0 Å². The van der Waals surface area contributed by atoms with Crippen LogP contribution in [0.2, 0.25) is 0 Å². The standard InChI is InChI=1S/C19H19N3O5S/c1-26-17-8-14-15(9-18(17)27-2)20-11-16(22(23)24)19(14)21-10-12-4-6-13(7-5-12)28(3)25/h4-9,11H,10H2,1-3H3,(H,20,21). The Hall–Kier alpha value is -3.20. The molecule has 1 aromatic heterocycles. The van der Waals surface area contributed by atoms with E-state index in [4.69, 9.17) is 9.47 Å². The fourth-order valence-corrected chi connectivity index (χ4v) is 3.34. The number of fused-ring (bicyclic) bond motifs is 1. The monoisotopic (exact) mass is 401 g/mol. The summed E-state index contributed by atoms with van der Waals surface area (Å²) in [5.41, 5.74) is 1.65. The highest BCUT2D eigenvalue weighted by Gasteiger charge is 2.20. The highest BCUT2D eigenvalue weighted by atomic mass is 32.2. The van der Waals surface area contributed by atoms with E-state index >= 15 is 0 Å². The Morgan fingerprint density at radius 2 is 1.79 bits per heavy atom. The summed E-state index contributed by atoms with van der Waals surface area (Å²) >= 11 is 0. The number of nitrogens with zero attached hydrogens (tertiary/aromatic N) is 2. The van der Waals surface area contributed by atoms with Gasteiger partial charge in [-0.05, 0) is 23.8 Å². The highest BCUT2D eigenvalue weighted by Crippen LogP contribution is 2.38. The summed E-state index contributed by atoms with van der Waals surface area (Å²) < 4.78 is 22.1. The molecule has 3 rings (SSSR count). The van der Waals surface area contributed by atoms with Gasteiger partial charge in [-0.2, -0.15) is 0 Å². The average Bonchev–Trinajstić information content (AvgIpc) is 2.70. The van der Waals surface area contributed by atoms with Gasteiger partial charge in [-0.3, -0.25) is 14.3 Å². The highest BCUT2D eigenvalue weighted by molar-refractivity contribution is 7.84. The molecule has 0 saturated heterocycles. The van der Waals surface area contributed by atoms with E-state index in [-0.39, 0.29) is 5.69 Å². The number of ether oxygens (including phenoxy) is 2. The van der Waals surface area contributed by atoms with Crippen LogP contribution in [0.1, 0.15) is 5.56 Å². The zero-order valence-electron chi connectivity index (χ0n) is 15.6. The summed E-state index contributed by atoms with van der Waals surface area (Å²) in [6.07, 6.45) is 2.83. The van der Waals surface area contributed by atoms with Crippen LogP contribution < -0.4 is 14.8 Å². The van der Waals surface area contributed by atoms with Crippen molar-refractivity contribution in [2.75, 3.05) is 25.8 Å². The molecule has 1 N–H and O–H groups in total. The van der Waals surface area contributed by atoms with Gasteiger partial charge >= 0.3 is 5.69 Å². The summed E-state index contributed by atoms with van der Waals surface area (Å²) in [5, 5.41) is 15.2. The van der Waals surface area contributed by atoms with E-state index in [2.05, 4.69) is 10.3 Å². The molecule has 3 aromatic rings. The number of rotatable bonds is 7. The lowest BCUT2D eigenvalue weighted by molar-refractivity contribution is -0.384. The minimum atomic E-state index is -1.06. The average molecular weight is 401 g/mol. The maximum Gasteiger partial charge on any atom is 0.311 e. The predicted octanol–water partition coefficient (Wildman–Crippen LogP) is 3.51. The van der Waals surface area contributed by atoms with Gasteiger partial charge in [0, 0.05) is 39.9 Å². The fourth-order valence-electron chi connectivity index (χ4n) is 2.82. The van der Waals surface area contributed by atoms with Crippen molar-refractivity contribution in [1.82, 2.24) is 4.98 Å². The van der Waals surface area contributed by atoms with Crippen LogP contribution in [0.4, 0.5) is 11.4 Å². The first-order valence-electron chi connectivity index (χ1n) is 8.30. The maximum atomic E-state index is 11.5. The molecule has 0 aliphatic rings. The second kappa shape index (κ2) is 8.22. The molecule has 0 fully saturated rings. The zero-order valence-corrected chi connectivity index (χ0v) is 16.4. The van der Waals surface area contributed by atoms with Gasteiger partial charge in [0.25, 0.3) is 0 Å². The number of methoxy groups -OCH3 is 2. The van der Waals surface area contributed by atoms with Crippen LogP contribution in [0.15, 0.2) is 47.5 Å². The largest absolute Gasteiger partial charge is 0.493 e. The van der Waals surface area contributed by atoms with Crippen molar-refractivity contribution in [2.45, 2.75) is 11.4 Å². The summed E-state index contributed by atoms with van der Waals surface area (Å²) in [6, 6.07) is 10.6. The lowest BCUT2D eigenvalue weighted by Gasteiger charge is -2.13. The molecule has 0 saturated carbocycles. The first kappa shape index (κ1) is 19.6. The first-order valence-corrected chi connectivity index (χ1v) is 9.85.